The van der Waals surface area contributed by atoms with Gasteiger partial charge in [0.05, 0.1) is 10.1 Å². The predicted octanol–water partition coefficient (Wildman–Crippen LogP) is 3.39. The van der Waals surface area contributed by atoms with Crippen LogP contribution in [0.25, 0.3) is 0 Å². The zero-order chi connectivity index (χ0) is 9.84. The first kappa shape index (κ1) is 10.7. The molecule has 0 aromatic rings. The van der Waals surface area contributed by atoms with Gasteiger partial charge in [0, 0.05) is 4.99 Å². The highest BCUT2D eigenvalue weighted by atomic mass is 79.9. The third-order valence-electron chi connectivity index (χ3n) is 1.49. The third kappa shape index (κ3) is 2.31. The lowest BCUT2D eigenvalue weighted by Gasteiger charge is -1.91. The summed E-state index contributed by atoms with van der Waals surface area (Å²) in [5.74, 6) is 0.197. The van der Waals surface area contributed by atoms with Crippen molar-refractivity contribution in [2.75, 3.05) is 0 Å². The first-order valence-electron chi connectivity index (χ1n) is 3.80. The fourth-order valence-electron chi connectivity index (χ4n) is 0.869. The number of ether oxygens (including phenoxy) is 1. The van der Waals surface area contributed by atoms with Crippen molar-refractivity contribution in [3.8, 4) is 0 Å². The first-order chi connectivity index (χ1) is 6.20. The summed E-state index contributed by atoms with van der Waals surface area (Å²) in [6.45, 7) is 2.01. The van der Waals surface area contributed by atoms with Crippen LogP contribution in [0, 0.1) is 0 Å². The highest BCUT2D eigenvalue weighted by Gasteiger charge is 2.25. The maximum absolute atomic E-state index is 11.2. The third-order valence-corrected chi connectivity index (χ3v) is 2.73. The summed E-state index contributed by atoms with van der Waals surface area (Å²) in [4.78, 5) is 12.8. The molecule has 0 spiro atoms. The molecule has 0 fully saturated rings. The minimum Gasteiger partial charge on any atom is -0.421 e. The quantitative estimate of drug-likeness (QED) is 0.731. The van der Waals surface area contributed by atoms with Gasteiger partial charge in [-0.1, -0.05) is 35.0 Å². The van der Waals surface area contributed by atoms with Crippen molar-refractivity contribution in [2.24, 2.45) is 0 Å². The van der Waals surface area contributed by atoms with Gasteiger partial charge in [-0.05, 0) is 22.4 Å². The average molecular weight is 308 g/mol. The van der Waals surface area contributed by atoms with Gasteiger partial charge in [-0.25, -0.2) is 4.79 Å². The number of hydrogen-bond donors (Lipinski definition) is 0. The molecule has 1 aliphatic rings. The van der Waals surface area contributed by atoms with E-state index in [-0.39, 0.29) is 5.97 Å². The maximum atomic E-state index is 11.2. The van der Waals surface area contributed by atoms with Crippen molar-refractivity contribution in [3.63, 3.8) is 0 Å². The van der Waals surface area contributed by atoms with E-state index in [4.69, 9.17) is 4.74 Å². The summed E-state index contributed by atoms with van der Waals surface area (Å²) < 4.78 is 5.63. The van der Waals surface area contributed by atoms with E-state index in [0.29, 0.717) is 15.8 Å². The van der Waals surface area contributed by atoms with E-state index in [1.807, 2.05) is 13.0 Å². The number of halogens is 2. The first-order valence-corrected chi connectivity index (χ1v) is 5.50. The number of esters is 1. The van der Waals surface area contributed by atoms with Gasteiger partial charge >= 0.3 is 5.97 Å². The van der Waals surface area contributed by atoms with E-state index in [1.54, 1.807) is 11.1 Å². The fraction of sp³-hybridized carbons (Fsp3) is 0.222. The van der Waals surface area contributed by atoms with Crippen LogP contribution in [-0.2, 0) is 9.53 Å². The topological polar surface area (TPSA) is 26.3 Å². The van der Waals surface area contributed by atoms with E-state index in [0.717, 1.165) is 6.42 Å². The molecular weight excluding hydrogens is 300 g/mol. The fourth-order valence-corrected chi connectivity index (χ4v) is 1.99. The molecule has 2 nitrogen and oxygen atoms in total. The lowest BCUT2D eigenvalue weighted by Crippen LogP contribution is -1.95. The Morgan fingerprint density at radius 3 is 2.69 bits per heavy atom. The summed E-state index contributed by atoms with van der Waals surface area (Å²) in [6.07, 6.45) is 4.56. The molecule has 0 aliphatic carbocycles. The molecular formula is C9H8Br2O2. The van der Waals surface area contributed by atoms with Crippen molar-refractivity contribution < 1.29 is 9.53 Å². The number of hydrogen-bond acceptors (Lipinski definition) is 2. The van der Waals surface area contributed by atoms with Crippen LogP contribution in [0.5, 0.6) is 0 Å². The molecule has 1 heterocycles. The molecule has 70 valence electrons. The van der Waals surface area contributed by atoms with Crippen LogP contribution in [0.15, 0.2) is 33.0 Å². The number of rotatable bonds is 2. The maximum Gasteiger partial charge on any atom is 0.344 e. The Labute approximate surface area is 93.6 Å². The highest BCUT2D eigenvalue weighted by molar-refractivity contribution is 9.12. The normalized spacial score (nSPS) is 20.5. The second-order valence-electron chi connectivity index (χ2n) is 2.40. The summed E-state index contributed by atoms with van der Waals surface area (Å²) in [6, 6.07) is 0. The summed E-state index contributed by atoms with van der Waals surface area (Å²) >= 11 is 6.40. The number of carbonyl (C=O) groups is 1. The van der Waals surface area contributed by atoms with Crippen LogP contribution in [0.1, 0.15) is 13.3 Å². The molecule has 4 heteroatoms. The van der Waals surface area contributed by atoms with Crippen molar-refractivity contribution in [3.05, 3.63) is 33.0 Å². The van der Waals surface area contributed by atoms with Crippen LogP contribution in [0.3, 0.4) is 0 Å². The molecule has 13 heavy (non-hydrogen) atoms. The Hall–Kier alpha value is -0.350. The van der Waals surface area contributed by atoms with Crippen LogP contribution < -0.4 is 0 Å². The van der Waals surface area contributed by atoms with E-state index < -0.39 is 0 Å². The molecule has 1 rings (SSSR count). The largest absolute Gasteiger partial charge is 0.421 e. The second kappa shape index (κ2) is 4.77. The predicted molar refractivity (Wildman–Crippen MR) is 58.5 cm³/mol. The van der Waals surface area contributed by atoms with Gasteiger partial charge in [0.25, 0.3) is 0 Å². The Morgan fingerprint density at radius 1 is 1.54 bits per heavy atom. The van der Waals surface area contributed by atoms with Gasteiger partial charge in [0.15, 0.2) is 5.76 Å². The van der Waals surface area contributed by atoms with Crippen molar-refractivity contribution in [1.29, 1.82) is 0 Å². The minimum atomic E-state index is -0.317. The molecule has 0 unspecified atom stereocenters. The van der Waals surface area contributed by atoms with Crippen molar-refractivity contribution in [1.82, 2.24) is 0 Å². The molecule has 1 aliphatic heterocycles. The zero-order valence-corrected chi connectivity index (χ0v) is 10.2. The lowest BCUT2D eigenvalue weighted by molar-refractivity contribution is -0.132. The monoisotopic (exact) mass is 306 g/mol. The van der Waals surface area contributed by atoms with E-state index in [9.17, 15) is 4.79 Å². The summed E-state index contributed by atoms with van der Waals surface area (Å²) in [5, 5.41) is 0. The molecule has 0 bridgehead atoms. The Kier molecular flexibility index (Phi) is 3.93. The zero-order valence-electron chi connectivity index (χ0n) is 7.01. The van der Waals surface area contributed by atoms with Crippen LogP contribution in [-0.4, -0.2) is 5.97 Å². The lowest BCUT2D eigenvalue weighted by atomic mass is 10.2. The van der Waals surface area contributed by atoms with Crippen molar-refractivity contribution >= 4 is 37.8 Å². The summed E-state index contributed by atoms with van der Waals surface area (Å²) in [5.41, 5.74) is 0.563. The van der Waals surface area contributed by atoms with Gasteiger partial charge in [-0.15, -0.1) is 0 Å². The highest BCUT2D eigenvalue weighted by Crippen LogP contribution is 2.32. The second-order valence-corrected chi connectivity index (χ2v) is 3.65. The van der Waals surface area contributed by atoms with E-state index >= 15 is 0 Å². The molecule has 0 N–H and O–H groups in total. The molecule has 0 atom stereocenters. The van der Waals surface area contributed by atoms with Gasteiger partial charge in [-0.2, -0.15) is 0 Å². The number of cyclic esters (lactones) is 1. The molecule has 0 radical (unpaired) electrons. The Balaban J connectivity index is 2.99. The van der Waals surface area contributed by atoms with Crippen LogP contribution in [0.2, 0.25) is 0 Å². The standard InChI is InChI=1S/C9H8Br2O2/c1-2-3-4-6-8(11)7(5-10)13-9(6)12/h3-5H,2H2,1H3. The number of allylic oxidation sites excluding steroid dienone is 2. The Morgan fingerprint density at radius 2 is 2.23 bits per heavy atom. The average Bonchev–Trinajstić information content (AvgIpc) is 2.39. The van der Waals surface area contributed by atoms with E-state index in [1.165, 1.54) is 0 Å². The van der Waals surface area contributed by atoms with Gasteiger partial charge in [0.2, 0.25) is 0 Å². The van der Waals surface area contributed by atoms with Crippen molar-refractivity contribution in [2.45, 2.75) is 13.3 Å². The van der Waals surface area contributed by atoms with Gasteiger partial charge in [0.1, 0.15) is 0 Å². The SMILES string of the molecule is CCC=CC1=C(Br)C(=CBr)OC1=O. The minimum absolute atomic E-state index is 0.317. The van der Waals surface area contributed by atoms with Gasteiger partial charge < -0.3 is 4.74 Å². The molecule has 0 amide bonds. The van der Waals surface area contributed by atoms with Gasteiger partial charge in [-0.3, -0.25) is 0 Å². The molecule has 0 saturated carbocycles. The molecule has 0 aromatic heterocycles. The van der Waals surface area contributed by atoms with Crippen LogP contribution >= 0.6 is 31.9 Å². The molecule has 0 saturated heterocycles. The number of carbonyl (C=O) groups excluding carboxylic acids is 1. The summed E-state index contributed by atoms with van der Waals surface area (Å²) in [7, 11) is 0. The Bertz CT molecular complexity index is 314. The van der Waals surface area contributed by atoms with Crippen LogP contribution in [0.4, 0.5) is 0 Å². The smallest absolute Gasteiger partial charge is 0.344 e. The van der Waals surface area contributed by atoms with E-state index in [2.05, 4.69) is 31.9 Å². The molecule has 0 aromatic carbocycles.